The SMILES string of the molecule is Cc1cc(C#N)cc(N2CCN(C)CC2CN)n1. The first-order chi connectivity index (χ1) is 8.63. The summed E-state index contributed by atoms with van der Waals surface area (Å²) in [7, 11) is 2.10. The van der Waals surface area contributed by atoms with Crippen molar-refractivity contribution < 1.29 is 0 Å². The van der Waals surface area contributed by atoms with E-state index in [0.717, 1.165) is 31.1 Å². The molecule has 96 valence electrons. The second-order valence-electron chi connectivity index (χ2n) is 4.81. The van der Waals surface area contributed by atoms with Crippen LogP contribution in [0.15, 0.2) is 12.1 Å². The Morgan fingerprint density at radius 3 is 2.94 bits per heavy atom. The summed E-state index contributed by atoms with van der Waals surface area (Å²) < 4.78 is 0. The zero-order valence-electron chi connectivity index (χ0n) is 10.9. The van der Waals surface area contributed by atoms with E-state index < -0.39 is 0 Å². The minimum atomic E-state index is 0.268. The van der Waals surface area contributed by atoms with Crippen molar-refractivity contribution in [2.75, 3.05) is 38.1 Å². The fourth-order valence-corrected chi connectivity index (χ4v) is 2.38. The normalized spacial score (nSPS) is 20.8. The van der Waals surface area contributed by atoms with Gasteiger partial charge in [-0.3, -0.25) is 0 Å². The summed E-state index contributed by atoms with van der Waals surface area (Å²) in [6, 6.07) is 6.10. The number of piperazine rings is 1. The van der Waals surface area contributed by atoms with Gasteiger partial charge in [0.15, 0.2) is 0 Å². The number of pyridine rings is 1. The maximum absolute atomic E-state index is 9.02. The molecule has 1 atom stereocenters. The number of nitrogens with zero attached hydrogens (tertiary/aromatic N) is 4. The van der Waals surface area contributed by atoms with Crippen molar-refractivity contribution in [1.82, 2.24) is 9.88 Å². The number of hydrogen-bond donors (Lipinski definition) is 1. The van der Waals surface area contributed by atoms with Crippen molar-refractivity contribution in [2.24, 2.45) is 5.73 Å². The summed E-state index contributed by atoms with van der Waals surface area (Å²) in [6.07, 6.45) is 0. The highest BCUT2D eigenvalue weighted by atomic mass is 15.3. The third-order valence-corrected chi connectivity index (χ3v) is 3.32. The first-order valence-electron chi connectivity index (χ1n) is 6.18. The quantitative estimate of drug-likeness (QED) is 0.813. The molecule has 1 aromatic heterocycles. The first-order valence-corrected chi connectivity index (χ1v) is 6.18. The van der Waals surface area contributed by atoms with E-state index in [9.17, 15) is 0 Å². The smallest absolute Gasteiger partial charge is 0.130 e. The Kier molecular flexibility index (Phi) is 3.80. The van der Waals surface area contributed by atoms with Gasteiger partial charge in [0.25, 0.3) is 0 Å². The Hall–Kier alpha value is -1.64. The van der Waals surface area contributed by atoms with Gasteiger partial charge in [-0.1, -0.05) is 0 Å². The lowest BCUT2D eigenvalue weighted by Gasteiger charge is -2.40. The molecule has 0 spiro atoms. The molecule has 18 heavy (non-hydrogen) atoms. The van der Waals surface area contributed by atoms with Gasteiger partial charge >= 0.3 is 0 Å². The van der Waals surface area contributed by atoms with Crippen LogP contribution in [-0.4, -0.2) is 49.2 Å². The third-order valence-electron chi connectivity index (χ3n) is 3.32. The van der Waals surface area contributed by atoms with E-state index >= 15 is 0 Å². The van der Waals surface area contributed by atoms with Gasteiger partial charge in [-0.05, 0) is 26.1 Å². The highest BCUT2D eigenvalue weighted by Gasteiger charge is 2.25. The molecule has 2 rings (SSSR count). The monoisotopic (exact) mass is 245 g/mol. The fourth-order valence-electron chi connectivity index (χ4n) is 2.38. The van der Waals surface area contributed by atoms with E-state index in [2.05, 4.69) is 27.9 Å². The summed E-state index contributed by atoms with van der Waals surface area (Å²) in [5.74, 6) is 0.870. The predicted molar refractivity (Wildman–Crippen MR) is 71.4 cm³/mol. The number of hydrogen-bond acceptors (Lipinski definition) is 5. The standard InChI is InChI=1S/C13H19N5/c1-10-5-11(7-14)6-13(16-10)18-4-3-17(2)9-12(18)8-15/h5-6,12H,3-4,8-9,15H2,1-2H3. The summed E-state index contributed by atoms with van der Waals surface area (Å²) in [4.78, 5) is 9.02. The van der Waals surface area contributed by atoms with Crippen LogP contribution in [0.1, 0.15) is 11.3 Å². The third kappa shape index (κ3) is 2.61. The van der Waals surface area contributed by atoms with Crippen LogP contribution in [-0.2, 0) is 0 Å². The van der Waals surface area contributed by atoms with Crippen LogP contribution in [0.4, 0.5) is 5.82 Å². The molecule has 5 nitrogen and oxygen atoms in total. The molecule has 1 aliphatic rings. The highest BCUT2D eigenvalue weighted by molar-refractivity contribution is 5.48. The zero-order chi connectivity index (χ0) is 13.1. The second kappa shape index (κ2) is 5.34. The molecule has 1 unspecified atom stereocenters. The lowest BCUT2D eigenvalue weighted by atomic mass is 10.1. The number of rotatable bonds is 2. The average Bonchev–Trinajstić information content (AvgIpc) is 2.37. The number of nitriles is 1. The summed E-state index contributed by atoms with van der Waals surface area (Å²) in [5, 5.41) is 9.02. The van der Waals surface area contributed by atoms with Crippen molar-refractivity contribution in [2.45, 2.75) is 13.0 Å². The summed E-state index contributed by atoms with van der Waals surface area (Å²) >= 11 is 0. The molecule has 2 N–H and O–H groups in total. The van der Waals surface area contributed by atoms with Crippen molar-refractivity contribution in [3.05, 3.63) is 23.4 Å². The van der Waals surface area contributed by atoms with Crippen LogP contribution in [0.2, 0.25) is 0 Å². The van der Waals surface area contributed by atoms with Crippen molar-refractivity contribution in [1.29, 1.82) is 5.26 Å². The molecule has 1 saturated heterocycles. The van der Waals surface area contributed by atoms with Crippen LogP contribution in [0.25, 0.3) is 0 Å². The van der Waals surface area contributed by atoms with Crippen LogP contribution in [0, 0.1) is 18.3 Å². The molecule has 0 amide bonds. The van der Waals surface area contributed by atoms with Gasteiger partial charge in [0.05, 0.1) is 17.7 Å². The largest absolute Gasteiger partial charge is 0.350 e. The molecule has 1 aliphatic heterocycles. The van der Waals surface area contributed by atoms with E-state index in [1.54, 1.807) is 6.07 Å². The molecule has 1 aromatic rings. The molecule has 0 bridgehead atoms. The summed E-state index contributed by atoms with van der Waals surface area (Å²) in [5.41, 5.74) is 7.37. The number of aromatic nitrogens is 1. The van der Waals surface area contributed by atoms with Crippen LogP contribution >= 0.6 is 0 Å². The number of anilines is 1. The maximum atomic E-state index is 9.02. The summed E-state index contributed by atoms with van der Waals surface area (Å²) in [6.45, 7) is 5.35. The number of aryl methyl sites for hydroxylation is 1. The lowest BCUT2D eigenvalue weighted by Crippen LogP contribution is -2.55. The molecule has 0 radical (unpaired) electrons. The van der Waals surface area contributed by atoms with Gasteiger partial charge in [0.1, 0.15) is 5.82 Å². The number of nitrogens with two attached hydrogens (primary N) is 1. The Balaban J connectivity index is 2.30. The second-order valence-corrected chi connectivity index (χ2v) is 4.81. The van der Waals surface area contributed by atoms with E-state index in [1.807, 2.05) is 13.0 Å². The van der Waals surface area contributed by atoms with Crippen LogP contribution < -0.4 is 10.6 Å². The molecular formula is C13H19N5. The minimum absolute atomic E-state index is 0.268. The molecular weight excluding hydrogens is 226 g/mol. The highest BCUT2D eigenvalue weighted by Crippen LogP contribution is 2.19. The van der Waals surface area contributed by atoms with Crippen molar-refractivity contribution >= 4 is 5.82 Å². The average molecular weight is 245 g/mol. The van der Waals surface area contributed by atoms with Gasteiger partial charge in [-0.2, -0.15) is 5.26 Å². The van der Waals surface area contributed by atoms with Gasteiger partial charge in [-0.25, -0.2) is 4.98 Å². The lowest BCUT2D eigenvalue weighted by molar-refractivity contribution is 0.269. The fraction of sp³-hybridized carbons (Fsp3) is 0.538. The van der Waals surface area contributed by atoms with Crippen molar-refractivity contribution in [3.63, 3.8) is 0 Å². The zero-order valence-corrected chi connectivity index (χ0v) is 10.9. The Morgan fingerprint density at radius 2 is 2.28 bits per heavy atom. The van der Waals surface area contributed by atoms with E-state index in [1.165, 1.54) is 0 Å². The molecule has 2 heterocycles. The van der Waals surface area contributed by atoms with E-state index in [4.69, 9.17) is 11.0 Å². The molecule has 5 heteroatoms. The Morgan fingerprint density at radius 1 is 1.50 bits per heavy atom. The van der Waals surface area contributed by atoms with E-state index in [-0.39, 0.29) is 6.04 Å². The predicted octanol–water partition coefficient (Wildman–Crippen LogP) is 0.341. The minimum Gasteiger partial charge on any atom is -0.350 e. The van der Waals surface area contributed by atoms with Crippen LogP contribution in [0.5, 0.6) is 0 Å². The van der Waals surface area contributed by atoms with Gasteiger partial charge in [0.2, 0.25) is 0 Å². The topological polar surface area (TPSA) is 69.2 Å². The van der Waals surface area contributed by atoms with E-state index in [0.29, 0.717) is 12.1 Å². The molecule has 0 aliphatic carbocycles. The van der Waals surface area contributed by atoms with Crippen LogP contribution in [0.3, 0.4) is 0 Å². The van der Waals surface area contributed by atoms with Crippen molar-refractivity contribution in [3.8, 4) is 6.07 Å². The first kappa shape index (κ1) is 12.8. The Bertz CT molecular complexity index is 465. The van der Waals surface area contributed by atoms with Gasteiger partial charge < -0.3 is 15.5 Å². The molecule has 0 saturated carbocycles. The Labute approximate surface area is 108 Å². The molecule has 0 aromatic carbocycles. The maximum Gasteiger partial charge on any atom is 0.130 e. The van der Waals surface area contributed by atoms with Gasteiger partial charge in [0, 0.05) is 31.9 Å². The van der Waals surface area contributed by atoms with Gasteiger partial charge in [-0.15, -0.1) is 0 Å². The molecule has 1 fully saturated rings. The number of likely N-dealkylation sites (N-methyl/N-ethyl adjacent to an activating group) is 1.